The van der Waals surface area contributed by atoms with Gasteiger partial charge in [-0.05, 0) is 32.4 Å². The molecule has 0 radical (unpaired) electrons. The van der Waals surface area contributed by atoms with Crippen LogP contribution in [0.1, 0.15) is 33.2 Å². The van der Waals surface area contributed by atoms with E-state index in [0.717, 1.165) is 6.42 Å². The van der Waals surface area contributed by atoms with Gasteiger partial charge in [0.15, 0.2) is 5.16 Å². The van der Waals surface area contributed by atoms with E-state index in [2.05, 4.69) is 4.98 Å². The zero-order chi connectivity index (χ0) is 17.1. The van der Waals surface area contributed by atoms with Gasteiger partial charge < -0.3 is 4.90 Å². The average molecular weight is 333 g/mol. The molecule has 23 heavy (non-hydrogen) atoms. The second kappa shape index (κ2) is 7.17. The third-order valence-electron chi connectivity index (χ3n) is 3.88. The molecule has 0 aliphatic carbocycles. The normalized spacial score (nSPS) is 13.8. The molecule has 2 aromatic rings. The molecule has 0 unspecified atom stereocenters. The summed E-state index contributed by atoms with van der Waals surface area (Å²) < 4.78 is 1.71. The predicted molar refractivity (Wildman–Crippen MR) is 95.0 cm³/mol. The highest BCUT2D eigenvalue weighted by atomic mass is 32.2. The molecule has 1 heterocycles. The Morgan fingerprint density at radius 3 is 2.57 bits per heavy atom. The lowest BCUT2D eigenvalue weighted by atomic mass is 10.2. The quantitative estimate of drug-likeness (QED) is 0.623. The third-order valence-corrected chi connectivity index (χ3v) is 4.93. The van der Waals surface area contributed by atoms with Crippen molar-refractivity contribution in [3.05, 3.63) is 34.6 Å². The summed E-state index contributed by atoms with van der Waals surface area (Å²) in [5.41, 5.74) is 0.626. The summed E-state index contributed by atoms with van der Waals surface area (Å²) in [6.07, 6.45) is 0.823. The summed E-state index contributed by atoms with van der Waals surface area (Å²) >= 11 is 1.34. The molecule has 0 N–H and O–H groups in total. The molecule has 0 spiro atoms. The highest BCUT2D eigenvalue weighted by molar-refractivity contribution is 8.00. The molecule has 1 aromatic carbocycles. The van der Waals surface area contributed by atoms with E-state index in [1.165, 1.54) is 11.8 Å². The van der Waals surface area contributed by atoms with Crippen molar-refractivity contribution in [1.29, 1.82) is 0 Å². The summed E-state index contributed by atoms with van der Waals surface area (Å²) in [6.45, 7) is 5.88. The lowest BCUT2D eigenvalue weighted by Gasteiger charge is -2.21. The smallest absolute Gasteiger partial charge is 0.262 e. The van der Waals surface area contributed by atoms with Gasteiger partial charge in [-0.2, -0.15) is 0 Å². The number of benzene rings is 1. The SMILES string of the molecule is CC[C@H](C)n1c(S[C@H](C)C(=O)N(C)C)nc2ccccc2c1=O. The number of hydrogen-bond acceptors (Lipinski definition) is 4. The maximum absolute atomic E-state index is 12.8. The topological polar surface area (TPSA) is 55.2 Å². The molecule has 2 atom stereocenters. The number of carbonyl (C=O) groups is 1. The highest BCUT2D eigenvalue weighted by Gasteiger charge is 2.22. The van der Waals surface area contributed by atoms with Crippen molar-refractivity contribution in [1.82, 2.24) is 14.5 Å². The molecule has 0 saturated heterocycles. The average Bonchev–Trinajstić information content (AvgIpc) is 2.53. The molecule has 1 amide bonds. The van der Waals surface area contributed by atoms with E-state index in [1.807, 2.05) is 39.0 Å². The molecular formula is C17H23N3O2S. The fraction of sp³-hybridized carbons (Fsp3) is 0.471. The predicted octanol–water partition coefficient (Wildman–Crippen LogP) is 2.94. The van der Waals surface area contributed by atoms with Crippen LogP contribution in [0.4, 0.5) is 0 Å². The van der Waals surface area contributed by atoms with E-state index in [4.69, 9.17) is 0 Å². The van der Waals surface area contributed by atoms with Gasteiger partial charge in [0.1, 0.15) is 0 Å². The molecule has 0 fully saturated rings. The fourth-order valence-corrected chi connectivity index (χ4v) is 3.51. The molecule has 1 aromatic heterocycles. The summed E-state index contributed by atoms with van der Waals surface area (Å²) in [6, 6.07) is 7.37. The molecule has 124 valence electrons. The standard InChI is InChI=1S/C17H23N3O2S/c1-6-11(2)20-16(22)13-9-7-8-10-14(13)18-17(20)23-12(3)15(21)19(4)5/h7-12H,6H2,1-5H3/t11-,12+/m0/s1. The fourth-order valence-electron chi connectivity index (χ4n) is 2.35. The second-order valence-electron chi connectivity index (χ2n) is 5.84. The number of rotatable bonds is 5. The summed E-state index contributed by atoms with van der Waals surface area (Å²) in [5.74, 6) is 0.00751. The van der Waals surface area contributed by atoms with Crippen LogP contribution < -0.4 is 5.56 Å². The van der Waals surface area contributed by atoms with E-state index in [9.17, 15) is 9.59 Å². The van der Waals surface area contributed by atoms with E-state index >= 15 is 0 Å². The van der Waals surface area contributed by atoms with E-state index < -0.39 is 0 Å². The van der Waals surface area contributed by atoms with E-state index in [0.29, 0.717) is 16.1 Å². The minimum atomic E-state index is -0.298. The molecule has 0 aliphatic rings. The Morgan fingerprint density at radius 2 is 1.96 bits per heavy atom. The van der Waals surface area contributed by atoms with Crippen LogP contribution in [0.2, 0.25) is 0 Å². The Kier molecular flexibility index (Phi) is 5.46. The van der Waals surface area contributed by atoms with Crippen molar-refractivity contribution in [2.75, 3.05) is 14.1 Å². The Bertz CT molecular complexity index is 770. The molecule has 0 aliphatic heterocycles. The van der Waals surface area contributed by atoms with Crippen molar-refractivity contribution < 1.29 is 4.79 Å². The number of para-hydroxylation sites is 1. The molecule has 5 nitrogen and oxygen atoms in total. The second-order valence-corrected chi connectivity index (χ2v) is 7.14. The third kappa shape index (κ3) is 3.58. The zero-order valence-electron chi connectivity index (χ0n) is 14.2. The zero-order valence-corrected chi connectivity index (χ0v) is 15.1. The van der Waals surface area contributed by atoms with Gasteiger partial charge in [0.05, 0.1) is 16.2 Å². The van der Waals surface area contributed by atoms with Crippen LogP contribution in [0.15, 0.2) is 34.2 Å². The number of amides is 1. The maximum atomic E-state index is 12.8. The van der Waals surface area contributed by atoms with Crippen LogP contribution in [0.25, 0.3) is 10.9 Å². The van der Waals surface area contributed by atoms with Gasteiger partial charge >= 0.3 is 0 Å². The van der Waals surface area contributed by atoms with Crippen LogP contribution in [0.3, 0.4) is 0 Å². The Balaban J connectivity index is 2.57. The van der Waals surface area contributed by atoms with Crippen LogP contribution >= 0.6 is 11.8 Å². The molecule has 0 saturated carbocycles. The van der Waals surface area contributed by atoms with Crippen LogP contribution in [0, 0.1) is 0 Å². The lowest BCUT2D eigenvalue weighted by Crippen LogP contribution is -2.31. The Morgan fingerprint density at radius 1 is 1.30 bits per heavy atom. The molecule has 0 bridgehead atoms. The highest BCUT2D eigenvalue weighted by Crippen LogP contribution is 2.26. The first-order chi connectivity index (χ1) is 10.9. The maximum Gasteiger partial charge on any atom is 0.262 e. The Hall–Kier alpha value is -1.82. The Labute approximate surface area is 140 Å². The van der Waals surface area contributed by atoms with Crippen molar-refractivity contribution in [2.24, 2.45) is 0 Å². The van der Waals surface area contributed by atoms with Gasteiger partial charge in [-0.25, -0.2) is 4.98 Å². The van der Waals surface area contributed by atoms with Gasteiger partial charge in [0.25, 0.3) is 5.56 Å². The van der Waals surface area contributed by atoms with Crippen LogP contribution in [0.5, 0.6) is 0 Å². The van der Waals surface area contributed by atoms with Crippen LogP contribution in [-0.2, 0) is 4.79 Å². The van der Waals surface area contributed by atoms with Crippen molar-refractivity contribution in [3.8, 4) is 0 Å². The molecule has 2 rings (SSSR count). The molecular weight excluding hydrogens is 310 g/mol. The van der Waals surface area contributed by atoms with Gasteiger partial charge in [-0.3, -0.25) is 14.2 Å². The summed E-state index contributed by atoms with van der Waals surface area (Å²) in [5, 5.41) is 0.919. The first-order valence-electron chi connectivity index (χ1n) is 7.75. The largest absolute Gasteiger partial charge is 0.348 e. The van der Waals surface area contributed by atoms with Crippen molar-refractivity contribution >= 4 is 28.6 Å². The van der Waals surface area contributed by atoms with Gasteiger partial charge in [-0.1, -0.05) is 30.8 Å². The monoisotopic (exact) mass is 333 g/mol. The van der Waals surface area contributed by atoms with Crippen molar-refractivity contribution in [2.45, 2.75) is 43.6 Å². The minimum Gasteiger partial charge on any atom is -0.348 e. The minimum absolute atomic E-state index is 0.00751. The summed E-state index contributed by atoms with van der Waals surface area (Å²) in [4.78, 5) is 31.2. The number of aromatic nitrogens is 2. The number of thioether (sulfide) groups is 1. The van der Waals surface area contributed by atoms with E-state index in [-0.39, 0.29) is 22.8 Å². The van der Waals surface area contributed by atoms with Gasteiger partial charge in [0, 0.05) is 20.1 Å². The number of hydrogen-bond donors (Lipinski definition) is 0. The number of nitrogens with zero attached hydrogens (tertiary/aromatic N) is 3. The lowest BCUT2D eigenvalue weighted by molar-refractivity contribution is -0.127. The van der Waals surface area contributed by atoms with Crippen molar-refractivity contribution in [3.63, 3.8) is 0 Å². The molecule has 6 heteroatoms. The number of fused-ring (bicyclic) bond motifs is 1. The van der Waals surface area contributed by atoms with Gasteiger partial charge in [0.2, 0.25) is 5.91 Å². The van der Waals surface area contributed by atoms with Crippen LogP contribution in [-0.4, -0.2) is 39.7 Å². The van der Waals surface area contributed by atoms with E-state index in [1.54, 1.807) is 29.6 Å². The first kappa shape index (κ1) is 17.5. The first-order valence-corrected chi connectivity index (χ1v) is 8.63. The number of carbonyl (C=O) groups excluding carboxylic acids is 1. The summed E-state index contributed by atoms with van der Waals surface area (Å²) in [7, 11) is 3.46. The van der Waals surface area contributed by atoms with Gasteiger partial charge in [-0.15, -0.1) is 0 Å².